The van der Waals surface area contributed by atoms with Crippen molar-refractivity contribution in [1.29, 1.82) is 0 Å². The number of hydrogen-bond donors (Lipinski definition) is 0. The predicted molar refractivity (Wildman–Crippen MR) is 101 cm³/mol. The first-order valence-electron chi connectivity index (χ1n) is 8.60. The molecule has 1 aliphatic rings. The maximum absolute atomic E-state index is 12.5. The zero-order valence-electron chi connectivity index (χ0n) is 15.5. The number of ether oxygens (including phenoxy) is 2. The Morgan fingerprint density at radius 3 is 2.11 bits per heavy atom. The highest BCUT2D eigenvalue weighted by molar-refractivity contribution is 6.04. The second-order valence-electron chi connectivity index (χ2n) is 6.10. The Hall–Kier alpha value is -3.61. The van der Waals surface area contributed by atoms with Crippen LogP contribution < -0.4 is 14.6 Å². The van der Waals surface area contributed by atoms with Gasteiger partial charge < -0.3 is 19.4 Å². The fourth-order valence-electron chi connectivity index (χ4n) is 2.97. The van der Waals surface area contributed by atoms with Gasteiger partial charge in [0.2, 0.25) is 0 Å². The van der Waals surface area contributed by atoms with Crippen LogP contribution in [-0.2, 0) is 9.59 Å². The van der Waals surface area contributed by atoms with Crippen molar-refractivity contribution in [3.05, 3.63) is 71.8 Å². The largest absolute Gasteiger partial charge is 0.545 e. The molecule has 3 rings (SSSR count). The van der Waals surface area contributed by atoms with E-state index in [1.165, 1.54) is 5.01 Å². The molecule has 144 valence electrons. The summed E-state index contributed by atoms with van der Waals surface area (Å²) in [5.41, 5.74) is 2.44. The van der Waals surface area contributed by atoms with Crippen molar-refractivity contribution in [1.82, 2.24) is 5.01 Å². The smallest absolute Gasteiger partial charge is 0.267 e. The lowest BCUT2D eigenvalue weighted by atomic mass is 9.98. The molecule has 0 aliphatic carbocycles. The third-order valence-corrected chi connectivity index (χ3v) is 4.42. The standard InChI is InChI=1S/C21H20N2O5/c1-27-16-7-3-14(4-8-16)18-13-19(15-5-9-17(28-2)10-6-15)23(22-18)20(24)11-12-21(25)26/h3-12,19H,13H2,1-2H3,(H,25,26)/p-1/b12-11+. The summed E-state index contributed by atoms with van der Waals surface area (Å²) in [4.78, 5) is 23.2. The normalized spacial score (nSPS) is 16.1. The molecule has 0 N–H and O–H groups in total. The van der Waals surface area contributed by atoms with E-state index >= 15 is 0 Å². The Morgan fingerprint density at radius 2 is 1.57 bits per heavy atom. The van der Waals surface area contributed by atoms with Crippen molar-refractivity contribution in [3.8, 4) is 11.5 Å². The summed E-state index contributed by atoms with van der Waals surface area (Å²) in [6.45, 7) is 0. The highest BCUT2D eigenvalue weighted by Gasteiger charge is 2.32. The van der Waals surface area contributed by atoms with Gasteiger partial charge >= 0.3 is 0 Å². The molecule has 0 saturated carbocycles. The minimum Gasteiger partial charge on any atom is -0.545 e. The summed E-state index contributed by atoms with van der Waals surface area (Å²) in [6.07, 6.45) is 2.14. The molecule has 0 aromatic heterocycles. The third-order valence-electron chi connectivity index (χ3n) is 4.42. The fourth-order valence-corrected chi connectivity index (χ4v) is 2.97. The minimum atomic E-state index is -1.44. The van der Waals surface area contributed by atoms with E-state index in [0.29, 0.717) is 18.2 Å². The SMILES string of the molecule is COc1ccc(C2=NN(C(=O)/C=C/C(=O)[O-])C(c3ccc(OC)cc3)C2)cc1. The highest BCUT2D eigenvalue weighted by atomic mass is 16.5. The molecule has 2 aromatic rings. The second-order valence-corrected chi connectivity index (χ2v) is 6.10. The van der Waals surface area contributed by atoms with Crippen molar-refractivity contribution in [2.75, 3.05) is 14.2 Å². The van der Waals surface area contributed by atoms with Gasteiger partial charge in [-0.1, -0.05) is 12.1 Å². The summed E-state index contributed by atoms with van der Waals surface area (Å²) >= 11 is 0. The van der Waals surface area contributed by atoms with Gasteiger partial charge in [-0.25, -0.2) is 5.01 Å². The molecule has 1 unspecified atom stereocenters. The summed E-state index contributed by atoms with van der Waals surface area (Å²) in [6, 6.07) is 14.4. The maximum atomic E-state index is 12.5. The van der Waals surface area contributed by atoms with Gasteiger partial charge in [0.1, 0.15) is 11.5 Å². The van der Waals surface area contributed by atoms with Crippen LogP contribution in [0, 0.1) is 0 Å². The van der Waals surface area contributed by atoms with Gasteiger partial charge in [0.15, 0.2) is 0 Å². The van der Waals surface area contributed by atoms with Crippen LogP contribution in [-0.4, -0.2) is 36.8 Å². The van der Waals surface area contributed by atoms with Gasteiger partial charge in [-0.15, -0.1) is 0 Å². The average molecular weight is 379 g/mol. The van der Waals surface area contributed by atoms with E-state index in [0.717, 1.165) is 28.7 Å². The zero-order chi connectivity index (χ0) is 20.1. The lowest BCUT2D eigenvalue weighted by Gasteiger charge is -2.21. The minimum absolute atomic E-state index is 0.359. The van der Waals surface area contributed by atoms with Crippen LogP contribution in [0.3, 0.4) is 0 Å². The van der Waals surface area contributed by atoms with E-state index < -0.39 is 11.9 Å². The van der Waals surface area contributed by atoms with Crippen LogP contribution in [0.5, 0.6) is 11.5 Å². The van der Waals surface area contributed by atoms with Crippen molar-refractivity contribution in [2.45, 2.75) is 12.5 Å². The molecule has 1 atom stereocenters. The lowest BCUT2D eigenvalue weighted by molar-refractivity contribution is -0.297. The number of nitrogens with zero attached hydrogens (tertiary/aromatic N) is 2. The van der Waals surface area contributed by atoms with E-state index in [-0.39, 0.29) is 6.04 Å². The first-order chi connectivity index (χ1) is 13.5. The molecule has 7 nitrogen and oxygen atoms in total. The van der Waals surface area contributed by atoms with Gasteiger partial charge in [-0.2, -0.15) is 5.10 Å². The maximum Gasteiger partial charge on any atom is 0.267 e. The molecule has 1 heterocycles. The number of methoxy groups -OCH3 is 2. The molecular formula is C21H19N2O5-. The van der Waals surface area contributed by atoms with Crippen molar-refractivity contribution < 1.29 is 24.2 Å². The number of carbonyl (C=O) groups is 2. The van der Waals surface area contributed by atoms with Gasteiger partial charge in [0.05, 0.1) is 31.9 Å². The Balaban J connectivity index is 1.92. The molecule has 7 heteroatoms. The number of benzene rings is 2. The summed E-state index contributed by atoms with van der Waals surface area (Å²) in [5.74, 6) is -0.548. The predicted octanol–water partition coefficient (Wildman–Crippen LogP) is 1.69. The van der Waals surface area contributed by atoms with E-state index in [1.54, 1.807) is 26.4 Å². The molecule has 28 heavy (non-hydrogen) atoms. The molecule has 1 amide bonds. The fraction of sp³-hybridized carbons (Fsp3) is 0.190. The van der Waals surface area contributed by atoms with Gasteiger partial charge in [-0.3, -0.25) is 4.79 Å². The quantitative estimate of drug-likeness (QED) is 0.713. The summed E-state index contributed by atoms with van der Waals surface area (Å²) < 4.78 is 10.3. The molecule has 0 radical (unpaired) electrons. The monoisotopic (exact) mass is 379 g/mol. The summed E-state index contributed by atoms with van der Waals surface area (Å²) in [7, 11) is 3.17. The van der Waals surface area contributed by atoms with Crippen LogP contribution in [0.15, 0.2) is 65.8 Å². The van der Waals surface area contributed by atoms with Crippen LogP contribution in [0.2, 0.25) is 0 Å². The van der Waals surface area contributed by atoms with Crippen molar-refractivity contribution in [2.24, 2.45) is 5.10 Å². The molecule has 0 fully saturated rings. The van der Waals surface area contributed by atoms with E-state index in [9.17, 15) is 14.7 Å². The zero-order valence-corrected chi connectivity index (χ0v) is 15.5. The Labute approximate surface area is 162 Å². The number of hydrogen-bond acceptors (Lipinski definition) is 6. The van der Waals surface area contributed by atoms with Gasteiger partial charge in [0.25, 0.3) is 5.91 Å². The molecule has 0 bridgehead atoms. The lowest BCUT2D eigenvalue weighted by Crippen LogP contribution is -2.26. The van der Waals surface area contributed by atoms with E-state index in [2.05, 4.69) is 5.10 Å². The van der Waals surface area contributed by atoms with Crippen LogP contribution in [0.1, 0.15) is 23.6 Å². The van der Waals surface area contributed by atoms with Gasteiger partial charge in [0, 0.05) is 12.5 Å². The average Bonchev–Trinajstić information content (AvgIpc) is 3.17. The molecule has 0 spiro atoms. The number of hydrazone groups is 1. The number of carboxylic acid groups (broad SMARTS) is 1. The Morgan fingerprint density at radius 1 is 1.00 bits per heavy atom. The number of carbonyl (C=O) groups excluding carboxylic acids is 2. The van der Waals surface area contributed by atoms with E-state index in [1.807, 2.05) is 36.4 Å². The first-order valence-corrected chi connectivity index (χ1v) is 8.60. The van der Waals surface area contributed by atoms with Crippen molar-refractivity contribution >= 4 is 17.6 Å². The third kappa shape index (κ3) is 4.20. The Bertz CT molecular complexity index is 917. The number of rotatable bonds is 6. The molecule has 1 aliphatic heterocycles. The Kier molecular flexibility index (Phi) is 5.74. The van der Waals surface area contributed by atoms with Crippen LogP contribution >= 0.6 is 0 Å². The number of amides is 1. The second kappa shape index (κ2) is 8.39. The number of carboxylic acids is 1. The highest BCUT2D eigenvalue weighted by Crippen LogP contribution is 2.34. The van der Waals surface area contributed by atoms with Crippen molar-refractivity contribution in [3.63, 3.8) is 0 Å². The van der Waals surface area contributed by atoms with Gasteiger partial charge in [-0.05, 0) is 53.6 Å². The van der Waals surface area contributed by atoms with E-state index in [4.69, 9.17) is 9.47 Å². The summed E-state index contributed by atoms with van der Waals surface area (Å²) in [5, 5.41) is 16.4. The van der Waals surface area contributed by atoms with Crippen LogP contribution in [0.4, 0.5) is 0 Å². The van der Waals surface area contributed by atoms with Crippen LogP contribution in [0.25, 0.3) is 0 Å². The molecule has 0 saturated heterocycles. The number of aliphatic carboxylic acids is 1. The molecular weight excluding hydrogens is 360 g/mol. The first kappa shape index (κ1) is 19.2. The molecule has 2 aromatic carbocycles. The topological polar surface area (TPSA) is 91.3 Å².